The summed E-state index contributed by atoms with van der Waals surface area (Å²) in [4.78, 5) is 23.7. The van der Waals surface area contributed by atoms with Gasteiger partial charge in [0.2, 0.25) is 0 Å². The maximum atomic E-state index is 11.8. The molecule has 0 saturated carbocycles. The molecule has 126 valence electrons. The second kappa shape index (κ2) is 7.20. The molecule has 1 saturated heterocycles. The Morgan fingerprint density at radius 1 is 1.39 bits per heavy atom. The number of carbonyl (C=O) groups excluding carboxylic acids is 2. The van der Waals surface area contributed by atoms with E-state index in [0.29, 0.717) is 15.8 Å². The lowest BCUT2D eigenvalue weighted by molar-refractivity contribution is -0.142. The molecular weight excluding hydrogens is 344 g/mol. The number of nitrogens with one attached hydrogen (secondary N) is 1. The van der Waals surface area contributed by atoms with Crippen molar-refractivity contribution in [1.82, 2.24) is 9.62 Å². The van der Waals surface area contributed by atoms with Gasteiger partial charge in [0.15, 0.2) is 6.61 Å². The Balaban J connectivity index is 1.93. The van der Waals surface area contributed by atoms with Crippen LogP contribution in [0.5, 0.6) is 5.75 Å². The van der Waals surface area contributed by atoms with Crippen LogP contribution < -0.4 is 10.1 Å². The number of nitrogens with zero attached hydrogens (tertiary/aromatic N) is 1. The third kappa shape index (κ3) is 4.15. The van der Waals surface area contributed by atoms with Crippen LogP contribution in [0.1, 0.15) is 6.92 Å². The summed E-state index contributed by atoms with van der Waals surface area (Å²) < 4.78 is 37.0. The number of ether oxygens (including phenoxy) is 1. The van der Waals surface area contributed by atoms with E-state index in [1.165, 1.54) is 0 Å². The molecule has 1 fully saturated rings. The summed E-state index contributed by atoms with van der Waals surface area (Å²) in [6, 6.07) is 7.65. The van der Waals surface area contributed by atoms with Gasteiger partial charge in [-0.3, -0.25) is 14.1 Å². The molecule has 0 unspecified atom stereocenters. The molecule has 1 aliphatic heterocycles. The van der Waals surface area contributed by atoms with Gasteiger partial charge < -0.3 is 10.1 Å². The first-order valence-electron chi connectivity index (χ1n) is 6.74. The normalized spacial score (nSPS) is 20.8. The molecule has 2 rings (SSSR count). The van der Waals surface area contributed by atoms with Crippen LogP contribution in [0.2, 0.25) is 0 Å². The van der Waals surface area contributed by atoms with Gasteiger partial charge >= 0.3 is 10.3 Å². The van der Waals surface area contributed by atoms with E-state index in [4.69, 9.17) is 9.29 Å². The van der Waals surface area contributed by atoms with E-state index in [1.54, 1.807) is 37.3 Å². The summed E-state index contributed by atoms with van der Waals surface area (Å²) in [5, 5.41) is 1.56. The summed E-state index contributed by atoms with van der Waals surface area (Å²) in [6.45, 7) is 1.47. The average molecular weight is 360 g/mol. The number of rotatable bonds is 7. The van der Waals surface area contributed by atoms with Crippen molar-refractivity contribution < 1.29 is 27.3 Å². The molecule has 0 spiro atoms. The van der Waals surface area contributed by atoms with Gasteiger partial charge in [-0.2, -0.15) is 12.7 Å². The Bertz CT molecular complexity index is 679. The summed E-state index contributed by atoms with van der Waals surface area (Å²) >= 11 is 1.13. The van der Waals surface area contributed by atoms with E-state index in [2.05, 4.69) is 5.32 Å². The average Bonchev–Trinajstić information content (AvgIpc) is 2.50. The first kappa shape index (κ1) is 17.6. The largest absolute Gasteiger partial charge is 0.484 e. The number of hydrogen-bond donors (Lipinski definition) is 2. The first-order chi connectivity index (χ1) is 10.8. The number of para-hydroxylation sites is 1. The molecule has 0 aromatic heterocycles. The topological polar surface area (TPSA) is 113 Å². The van der Waals surface area contributed by atoms with Crippen LogP contribution in [0.25, 0.3) is 0 Å². The molecule has 10 heteroatoms. The van der Waals surface area contributed by atoms with Gasteiger partial charge in [0, 0.05) is 0 Å². The standard InChI is InChI=1S/C13H16N2O6S2/c1-2-22-13-11(12(17)15(13)23(18,19)20)14-10(16)8-21-9-6-4-3-5-7-9/h3-7,11,13H,2,8H2,1H3,(H,14,16)(H,18,19,20)/t11-,13-/m1/s1. The Morgan fingerprint density at radius 2 is 2.04 bits per heavy atom. The molecule has 2 amide bonds. The second-order valence-corrected chi connectivity index (χ2v) is 7.29. The van der Waals surface area contributed by atoms with Crippen molar-refractivity contribution in [3.05, 3.63) is 30.3 Å². The monoisotopic (exact) mass is 360 g/mol. The summed E-state index contributed by atoms with van der Waals surface area (Å²) in [5.74, 6) is -0.409. The molecule has 2 atom stereocenters. The van der Waals surface area contributed by atoms with Crippen molar-refractivity contribution in [2.24, 2.45) is 0 Å². The van der Waals surface area contributed by atoms with Gasteiger partial charge in [-0.05, 0) is 17.9 Å². The van der Waals surface area contributed by atoms with Gasteiger partial charge in [0.05, 0.1) is 0 Å². The van der Waals surface area contributed by atoms with Gasteiger partial charge in [0.25, 0.3) is 11.8 Å². The first-order valence-corrected chi connectivity index (χ1v) is 9.18. The number of β-lactam (4-membered cyclic amide) rings is 1. The van der Waals surface area contributed by atoms with Crippen LogP contribution in [-0.4, -0.2) is 52.9 Å². The number of thioether (sulfide) groups is 1. The third-order valence-electron chi connectivity index (χ3n) is 3.02. The minimum atomic E-state index is -4.63. The van der Waals surface area contributed by atoms with Gasteiger partial charge in [-0.1, -0.05) is 25.1 Å². The Hall–Kier alpha value is -1.78. The number of hydrogen-bond acceptors (Lipinski definition) is 6. The highest BCUT2D eigenvalue weighted by molar-refractivity contribution is 8.00. The zero-order chi connectivity index (χ0) is 17.0. The van der Waals surface area contributed by atoms with Crippen LogP contribution >= 0.6 is 11.8 Å². The molecule has 1 aliphatic rings. The van der Waals surface area contributed by atoms with E-state index >= 15 is 0 Å². The van der Waals surface area contributed by atoms with Crippen LogP contribution in [0.4, 0.5) is 0 Å². The Morgan fingerprint density at radius 3 is 2.61 bits per heavy atom. The van der Waals surface area contributed by atoms with E-state index < -0.39 is 33.5 Å². The lowest BCUT2D eigenvalue weighted by Gasteiger charge is -2.43. The minimum Gasteiger partial charge on any atom is -0.484 e. The summed E-state index contributed by atoms with van der Waals surface area (Å²) in [5.41, 5.74) is 0. The maximum Gasteiger partial charge on any atom is 0.363 e. The molecule has 1 aromatic rings. The Kier molecular flexibility index (Phi) is 5.50. The molecule has 2 N–H and O–H groups in total. The van der Waals surface area contributed by atoms with Gasteiger partial charge in [0.1, 0.15) is 17.2 Å². The highest BCUT2D eigenvalue weighted by atomic mass is 32.2. The molecule has 0 bridgehead atoms. The molecule has 1 aromatic carbocycles. The van der Waals surface area contributed by atoms with Crippen LogP contribution in [0.15, 0.2) is 30.3 Å². The van der Waals surface area contributed by atoms with Crippen molar-refractivity contribution in [3.63, 3.8) is 0 Å². The van der Waals surface area contributed by atoms with Gasteiger partial charge in [-0.15, -0.1) is 11.8 Å². The zero-order valence-electron chi connectivity index (χ0n) is 12.2. The van der Waals surface area contributed by atoms with Crippen LogP contribution in [-0.2, 0) is 19.9 Å². The second-order valence-electron chi connectivity index (χ2n) is 4.60. The van der Waals surface area contributed by atoms with E-state index in [-0.39, 0.29) is 6.61 Å². The fraction of sp³-hybridized carbons (Fsp3) is 0.385. The van der Waals surface area contributed by atoms with E-state index in [1.807, 2.05) is 0 Å². The summed E-state index contributed by atoms with van der Waals surface area (Å²) in [7, 11) is -4.63. The predicted molar refractivity (Wildman–Crippen MR) is 84.2 cm³/mol. The van der Waals surface area contributed by atoms with E-state index in [9.17, 15) is 18.0 Å². The molecule has 1 heterocycles. The number of amides is 2. The van der Waals surface area contributed by atoms with Crippen molar-refractivity contribution in [1.29, 1.82) is 0 Å². The fourth-order valence-electron chi connectivity index (χ4n) is 2.03. The minimum absolute atomic E-state index is 0.302. The van der Waals surface area contributed by atoms with Gasteiger partial charge in [-0.25, -0.2) is 0 Å². The number of carbonyl (C=O) groups is 2. The molecule has 0 aliphatic carbocycles. The number of benzene rings is 1. The molecule has 23 heavy (non-hydrogen) atoms. The smallest absolute Gasteiger partial charge is 0.363 e. The highest BCUT2D eigenvalue weighted by Crippen LogP contribution is 2.32. The van der Waals surface area contributed by atoms with Crippen LogP contribution in [0, 0.1) is 0 Å². The van der Waals surface area contributed by atoms with Crippen molar-refractivity contribution in [2.45, 2.75) is 18.3 Å². The summed E-state index contributed by atoms with van der Waals surface area (Å²) in [6.07, 6.45) is 0. The van der Waals surface area contributed by atoms with Crippen molar-refractivity contribution in [2.75, 3.05) is 12.4 Å². The molecular formula is C13H16N2O6S2. The van der Waals surface area contributed by atoms with Crippen LogP contribution in [0.3, 0.4) is 0 Å². The predicted octanol–water partition coefficient (Wildman–Crippen LogP) is 0.274. The quantitative estimate of drug-likeness (QED) is 0.530. The molecule has 8 nitrogen and oxygen atoms in total. The van der Waals surface area contributed by atoms with Crippen molar-refractivity contribution >= 4 is 33.9 Å². The van der Waals surface area contributed by atoms with Crippen molar-refractivity contribution in [3.8, 4) is 5.75 Å². The third-order valence-corrected chi connectivity index (χ3v) is 5.21. The molecule has 0 radical (unpaired) electrons. The van der Waals surface area contributed by atoms with E-state index in [0.717, 1.165) is 11.8 Å². The highest BCUT2D eigenvalue weighted by Gasteiger charge is 2.54. The lowest BCUT2D eigenvalue weighted by atomic mass is 10.1. The fourth-order valence-corrected chi connectivity index (χ4v) is 4.22. The zero-order valence-corrected chi connectivity index (χ0v) is 13.8. The Labute approximate surface area is 138 Å². The SMILES string of the molecule is CCS[C@@H]1[C@H](NC(=O)COc2ccccc2)C(=O)N1S(=O)(=O)O. The lowest BCUT2D eigenvalue weighted by Crippen LogP contribution is -2.70. The maximum absolute atomic E-state index is 11.8.